The molecule has 58 valence electrons. The Bertz CT molecular complexity index is 147. The van der Waals surface area contributed by atoms with Crippen molar-refractivity contribution in [1.82, 2.24) is 0 Å². The third kappa shape index (κ3) is 2.64. The van der Waals surface area contributed by atoms with Crippen molar-refractivity contribution < 1.29 is 15.0 Å². The van der Waals surface area contributed by atoms with Crippen LogP contribution in [0.5, 0.6) is 0 Å². The fourth-order valence-electron chi connectivity index (χ4n) is 0.435. The lowest BCUT2D eigenvalue weighted by atomic mass is 10.0. The maximum atomic E-state index is 10.2. The Kier molecular flexibility index (Phi) is 3.09. The van der Waals surface area contributed by atoms with Gasteiger partial charge >= 0.3 is 5.97 Å². The van der Waals surface area contributed by atoms with Crippen molar-refractivity contribution in [1.29, 1.82) is 0 Å². The number of hydrogen-bond acceptors (Lipinski definition) is 2. The Balaban J connectivity index is 3.99. The highest BCUT2D eigenvalue weighted by Crippen LogP contribution is 2.09. The summed E-state index contributed by atoms with van der Waals surface area (Å²) in [5, 5.41) is 17.5. The van der Waals surface area contributed by atoms with Crippen LogP contribution in [-0.4, -0.2) is 21.8 Å². The molecule has 0 fully saturated rings. The van der Waals surface area contributed by atoms with Crippen molar-refractivity contribution in [2.45, 2.75) is 25.9 Å². The molecule has 0 aromatic heterocycles. The summed E-state index contributed by atoms with van der Waals surface area (Å²) in [7, 11) is 0. The number of carboxylic acids is 1. The zero-order chi connectivity index (χ0) is 8.20. The zero-order valence-corrected chi connectivity index (χ0v) is 6.16. The molecule has 1 unspecified atom stereocenters. The average Bonchev–Trinajstić information content (AvgIpc) is 1.84. The normalized spacial score (nSPS) is 17.1. The van der Waals surface area contributed by atoms with Gasteiger partial charge in [-0.3, -0.25) is 0 Å². The third-order valence-corrected chi connectivity index (χ3v) is 1.21. The molecule has 0 radical (unpaired) electrons. The van der Waals surface area contributed by atoms with Gasteiger partial charge < -0.3 is 10.2 Å². The first-order valence-corrected chi connectivity index (χ1v) is 3.07. The number of aliphatic hydroxyl groups is 1. The molecule has 0 heterocycles. The van der Waals surface area contributed by atoms with Crippen LogP contribution in [0.4, 0.5) is 0 Å². The van der Waals surface area contributed by atoms with E-state index in [9.17, 15) is 4.79 Å². The molecule has 3 heteroatoms. The summed E-state index contributed by atoms with van der Waals surface area (Å²) in [5.41, 5.74) is -1.62. The quantitative estimate of drug-likeness (QED) is 0.576. The van der Waals surface area contributed by atoms with Crippen molar-refractivity contribution >= 4 is 5.97 Å². The maximum Gasteiger partial charge on any atom is 0.335 e. The van der Waals surface area contributed by atoms with E-state index in [0.717, 1.165) is 0 Å². The molecule has 3 nitrogen and oxygen atoms in total. The fraction of sp³-hybridized carbons (Fsp3) is 0.571. The number of carbonyl (C=O) groups is 1. The Morgan fingerprint density at radius 3 is 2.50 bits per heavy atom. The summed E-state index contributed by atoms with van der Waals surface area (Å²) in [5.74, 6) is -1.19. The van der Waals surface area contributed by atoms with Crippen molar-refractivity contribution in [3.8, 4) is 0 Å². The molecule has 0 rings (SSSR count). The van der Waals surface area contributed by atoms with Crippen molar-refractivity contribution in [2.24, 2.45) is 0 Å². The lowest BCUT2D eigenvalue weighted by Crippen LogP contribution is -2.33. The van der Waals surface area contributed by atoms with Crippen LogP contribution in [0, 0.1) is 0 Å². The van der Waals surface area contributed by atoms with E-state index in [2.05, 4.69) is 0 Å². The lowest BCUT2D eigenvalue weighted by Gasteiger charge is -2.14. The van der Waals surface area contributed by atoms with Crippen LogP contribution in [0.1, 0.15) is 20.3 Å². The molecule has 0 aliphatic rings. The molecule has 0 saturated carbocycles. The van der Waals surface area contributed by atoms with Gasteiger partial charge in [0.15, 0.2) is 5.60 Å². The Labute approximate surface area is 60.0 Å². The van der Waals surface area contributed by atoms with Crippen LogP contribution in [0.3, 0.4) is 0 Å². The summed E-state index contributed by atoms with van der Waals surface area (Å²) >= 11 is 0. The van der Waals surface area contributed by atoms with Crippen LogP contribution < -0.4 is 0 Å². The first-order valence-electron chi connectivity index (χ1n) is 3.07. The molecule has 0 saturated heterocycles. The summed E-state index contributed by atoms with van der Waals surface area (Å²) in [6.45, 7) is 3.05. The molecule has 0 aliphatic heterocycles. The van der Waals surface area contributed by atoms with Gasteiger partial charge in [0.25, 0.3) is 0 Å². The molecule has 0 spiro atoms. The largest absolute Gasteiger partial charge is 0.479 e. The number of aliphatic carboxylic acids is 1. The van der Waals surface area contributed by atoms with Gasteiger partial charge in [-0.05, 0) is 13.8 Å². The summed E-state index contributed by atoms with van der Waals surface area (Å²) in [6, 6.07) is 0. The smallest absolute Gasteiger partial charge is 0.335 e. The molecular weight excluding hydrogens is 132 g/mol. The van der Waals surface area contributed by atoms with Crippen LogP contribution in [-0.2, 0) is 4.79 Å². The number of rotatable bonds is 3. The van der Waals surface area contributed by atoms with Gasteiger partial charge in [-0.15, -0.1) is 0 Å². The predicted octanol–water partition coefficient (Wildman–Crippen LogP) is 0.788. The van der Waals surface area contributed by atoms with Crippen molar-refractivity contribution in [2.75, 3.05) is 0 Å². The summed E-state index contributed by atoms with van der Waals surface area (Å²) in [6.07, 6.45) is 3.48. The standard InChI is InChI=1S/C7H12O3/c1-3-4-5-7(2,10)6(8)9/h3-4,10H,5H2,1-2H3,(H,8,9)/b4-3+. The molecule has 0 aromatic carbocycles. The summed E-state index contributed by atoms with van der Waals surface area (Å²) < 4.78 is 0. The highest BCUT2D eigenvalue weighted by Gasteiger charge is 2.27. The minimum Gasteiger partial charge on any atom is -0.479 e. The van der Waals surface area contributed by atoms with E-state index in [4.69, 9.17) is 10.2 Å². The van der Waals surface area contributed by atoms with Gasteiger partial charge in [0, 0.05) is 6.42 Å². The first kappa shape index (κ1) is 9.17. The number of allylic oxidation sites excluding steroid dienone is 1. The second kappa shape index (κ2) is 3.37. The second-order valence-electron chi connectivity index (χ2n) is 2.35. The van der Waals surface area contributed by atoms with E-state index >= 15 is 0 Å². The monoisotopic (exact) mass is 144 g/mol. The van der Waals surface area contributed by atoms with Crippen LogP contribution in [0.25, 0.3) is 0 Å². The van der Waals surface area contributed by atoms with Crippen LogP contribution in [0.2, 0.25) is 0 Å². The predicted molar refractivity (Wildman–Crippen MR) is 37.7 cm³/mol. The van der Waals surface area contributed by atoms with Gasteiger partial charge in [0.1, 0.15) is 0 Å². The number of hydrogen-bond donors (Lipinski definition) is 2. The minimum absolute atomic E-state index is 0.152. The highest BCUT2D eigenvalue weighted by atomic mass is 16.4. The van der Waals surface area contributed by atoms with E-state index < -0.39 is 11.6 Å². The molecule has 0 amide bonds. The van der Waals surface area contributed by atoms with E-state index in [1.165, 1.54) is 6.92 Å². The molecule has 0 aromatic rings. The van der Waals surface area contributed by atoms with E-state index in [0.29, 0.717) is 0 Å². The minimum atomic E-state index is -1.62. The maximum absolute atomic E-state index is 10.2. The topological polar surface area (TPSA) is 57.5 Å². The van der Waals surface area contributed by atoms with E-state index in [1.807, 2.05) is 0 Å². The fourth-order valence-corrected chi connectivity index (χ4v) is 0.435. The van der Waals surface area contributed by atoms with E-state index in [-0.39, 0.29) is 6.42 Å². The average molecular weight is 144 g/mol. The van der Waals surface area contributed by atoms with Gasteiger partial charge in [-0.25, -0.2) is 4.79 Å². The van der Waals surface area contributed by atoms with Gasteiger partial charge in [-0.1, -0.05) is 12.2 Å². The molecule has 2 N–H and O–H groups in total. The lowest BCUT2D eigenvalue weighted by molar-refractivity contribution is -0.156. The van der Waals surface area contributed by atoms with Crippen LogP contribution >= 0.6 is 0 Å². The van der Waals surface area contributed by atoms with Gasteiger partial charge in [0.2, 0.25) is 0 Å². The molecule has 10 heavy (non-hydrogen) atoms. The highest BCUT2D eigenvalue weighted by molar-refractivity contribution is 5.76. The molecular formula is C7H12O3. The molecule has 1 atom stereocenters. The van der Waals surface area contributed by atoms with Crippen LogP contribution in [0.15, 0.2) is 12.2 Å². The Morgan fingerprint density at radius 1 is 1.70 bits per heavy atom. The Morgan fingerprint density at radius 2 is 2.20 bits per heavy atom. The van der Waals surface area contributed by atoms with E-state index in [1.54, 1.807) is 19.1 Å². The molecule has 0 aliphatic carbocycles. The summed E-state index contributed by atoms with van der Waals surface area (Å²) in [4.78, 5) is 10.2. The third-order valence-electron chi connectivity index (χ3n) is 1.21. The number of carboxylic acid groups (broad SMARTS) is 1. The first-order chi connectivity index (χ1) is 4.50. The van der Waals surface area contributed by atoms with Crippen molar-refractivity contribution in [3.05, 3.63) is 12.2 Å². The van der Waals surface area contributed by atoms with Gasteiger partial charge in [0.05, 0.1) is 0 Å². The van der Waals surface area contributed by atoms with Crippen molar-refractivity contribution in [3.63, 3.8) is 0 Å². The zero-order valence-electron chi connectivity index (χ0n) is 6.16. The molecule has 0 bridgehead atoms. The second-order valence-corrected chi connectivity index (χ2v) is 2.35. The van der Waals surface area contributed by atoms with Gasteiger partial charge in [-0.2, -0.15) is 0 Å². The SMILES string of the molecule is C/C=C/CC(C)(O)C(=O)O. The Hall–Kier alpha value is -0.830.